The molecule has 1 atom stereocenters. The summed E-state index contributed by atoms with van der Waals surface area (Å²) in [6.07, 6.45) is 1.38. The lowest BCUT2D eigenvalue weighted by Crippen LogP contribution is -2.31. The van der Waals surface area contributed by atoms with Gasteiger partial charge in [0, 0.05) is 5.92 Å². The number of carboxylic acids is 1. The SMILES string of the molecule is C=C1CC[C@H](C(=O)C(=O)O)C1(C)C. The molecule has 3 heteroatoms. The van der Waals surface area contributed by atoms with Crippen LogP contribution in [0.4, 0.5) is 0 Å². The number of carboxylic acid groups (broad SMARTS) is 1. The first-order valence-corrected chi connectivity index (χ1v) is 4.32. The smallest absolute Gasteiger partial charge is 0.372 e. The minimum atomic E-state index is -1.33. The molecule has 1 N–H and O–H groups in total. The van der Waals surface area contributed by atoms with Crippen molar-refractivity contribution in [3.63, 3.8) is 0 Å². The molecule has 1 saturated carbocycles. The van der Waals surface area contributed by atoms with Gasteiger partial charge in [0.25, 0.3) is 0 Å². The maximum Gasteiger partial charge on any atom is 0.372 e. The number of hydrogen-bond acceptors (Lipinski definition) is 2. The summed E-state index contributed by atoms with van der Waals surface area (Å²) in [5, 5.41) is 8.58. The summed E-state index contributed by atoms with van der Waals surface area (Å²) in [6.45, 7) is 7.62. The van der Waals surface area contributed by atoms with Crippen LogP contribution in [0.5, 0.6) is 0 Å². The van der Waals surface area contributed by atoms with Crippen LogP contribution in [0.1, 0.15) is 26.7 Å². The van der Waals surface area contributed by atoms with Crippen molar-refractivity contribution in [3.05, 3.63) is 12.2 Å². The predicted molar refractivity (Wildman–Crippen MR) is 48.3 cm³/mol. The Hall–Kier alpha value is -1.12. The van der Waals surface area contributed by atoms with Gasteiger partial charge in [-0.15, -0.1) is 0 Å². The van der Waals surface area contributed by atoms with Gasteiger partial charge in [0.05, 0.1) is 0 Å². The average molecular weight is 182 g/mol. The van der Waals surface area contributed by atoms with Crippen LogP contribution >= 0.6 is 0 Å². The van der Waals surface area contributed by atoms with Crippen LogP contribution in [-0.2, 0) is 9.59 Å². The molecule has 0 aromatic carbocycles. The molecule has 0 spiro atoms. The van der Waals surface area contributed by atoms with E-state index in [1.54, 1.807) is 0 Å². The van der Waals surface area contributed by atoms with Crippen LogP contribution in [0, 0.1) is 11.3 Å². The Morgan fingerprint density at radius 2 is 2.08 bits per heavy atom. The van der Waals surface area contributed by atoms with Crippen LogP contribution in [0.2, 0.25) is 0 Å². The molecule has 72 valence electrons. The van der Waals surface area contributed by atoms with Crippen molar-refractivity contribution in [2.45, 2.75) is 26.7 Å². The third kappa shape index (κ3) is 1.50. The lowest BCUT2D eigenvalue weighted by Gasteiger charge is -2.25. The molecule has 0 aromatic rings. The number of carbonyl (C=O) groups excluding carboxylic acids is 1. The van der Waals surface area contributed by atoms with Crippen molar-refractivity contribution in [3.8, 4) is 0 Å². The highest BCUT2D eigenvalue weighted by Gasteiger charge is 2.44. The second-order valence-corrected chi connectivity index (χ2v) is 4.09. The standard InChI is InChI=1S/C10H14O3/c1-6-4-5-7(10(6,2)3)8(11)9(12)13/h7H,1,4-5H2,2-3H3,(H,12,13)/t7-/m1/s1. The number of Topliss-reactive ketones (excluding diaryl/α,β-unsaturated/α-hetero) is 1. The zero-order valence-corrected chi connectivity index (χ0v) is 7.96. The normalized spacial score (nSPS) is 26.0. The highest BCUT2D eigenvalue weighted by molar-refractivity contribution is 6.33. The molecule has 0 amide bonds. The van der Waals surface area contributed by atoms with Gasteiger partial charge in [-0.25, -0.2) is 4.79 Å². The maximum absolute atomic E-state index is 11.3. The Kier molecular flexibility index (Phi) is 2.28. The van der Waals surface area contributed by atoms with Gasteiger partial charge in [-0.3, -0.25) is 4.79 Å². The number of allylic oxidation sites excluding steroid dienone is 1. The minimum absolute atomic E-state index is 0.352. The maximum atomic E-state index is 11.3. The molecule has 1 fully saturated rings. The molecule has 0 saturated heterocycles. The number of aliphatic carboxylic acids is 1. The van der Waals surface area contributed by atoms with E-state index in [4.69, 9.17) is 5.11 Å². The molecule has 13 heavy (non-hydrogen) atoms. The van der Waals surface area contributed by atoms with E-state index in [0.29, 0.717) is 6.42 Å². The van der Waals surface area contributed by atoms with E-state index in [9.17, 15) is 9.59 Å². The summed E-state index contributed by atoms with van der Waals surface area (Å²) in [4.78, 5) is 21.8. The van der Waals surface area contributed by atoms with Crippen molar-refractivity contribution in [2.24, 2.45) is 11.3 Å². The first-order chi connectivity index (χ1) is 5.87. The molecular weight excluding hydrogens is 168 g/mol. The van der Waals surface area contributed by atoms with Gasteiger partial charge >= 0.3 is 5.97 Å². The fourth-order valence-corrected chi connectivity index (χ4v) is 1.86. The summed E-state index contributed by atoms with van der Waals surface area (Å²) >= 11 is 0. The Bertz CT molecular complexity index is 276. The second-order valence-electron chi connectivity index (χ2n) is 4.09. The van der Waals surface area contributed by atoms with Crippen molar-refractivity contribution >= 4 is 11.8 Å². The van der Waals surface area contributed by atoms with Crippen LogP contribution in [0.3, 0.4) is 0 Å². The van der Waals surface area contributed by atoms with E-state index in [2.05, 4.69) is 6.58 Å². The van der Waals surface area contributed by atoms with Gasteiger partial charge < -0.3 is 5.11 Å². The van der Waals surface area contributed by atoms with E-state index in [1.807, 2.05) is 13.8 Å². The second kappa shape index (κ2) is 2.98. The highest BCUT2D eigenvalue weighted by atomic mass is 16.4. The van der Waals surface area contributed by atoms with Gasteiger partial charge in [0.1, 0.15) is 0 Å². The Morgan fingerprint density at radius 1 is 1.54 bits per heavy atom. The number of hydrogen-bond donors (Lipinski definition) is 1. The highest BCUT2D eigenvalue weighted by Crippen LogP contribution is 2.46. The largest absolute Gasteiger partial charge is 0.475 e. The van der Waals surface area contributed by atoms with E-state index < -0.39 is 17.7 Å². The van der Waals surface area contributed by atoms with Crippen molar-refractivity contribution in [1.82, 2.24) is 0 Å². The number of ketones is 1. The summed E-state index contributed by atoms with van der Waals surface area (Å²) < 4.78 is 0. The van der Waals surface area contributed by atoms with Crippen molar-refractivity contribution in [1.29, 1.82) is 0 Å². The molecule has 1 aliphatic rings. The fraction of sp³-hybridized carbons (Fsp3) is 0.600. The molecule has 1 rings (SSSR count). The molecule has 0 radical (unpaired) electrons. The molecule has 0 unspecified atom stereocenters. The third-order valence-electron chi connectivity index (χ3n) is 3.04. The third-order valence-corrected chi connectivity index (χ3v) is 3.04. The van der Waals surface area contributed by atoms with Crippen molar-refractivity contribution < 1.29 is 14.7 Å². The average Bonchev–Trinajstić information content (AvgIpc) is 2.26. The van der Waals surface area contributed by atoms with Gasteiger partial charge in [0.2, 0.25) is 5.78 Å². The van der Waals surface area contributed by atoms with Gasteiger partial charge in [-0.05, 0) is 18.3 Å². The van der Waals surface area contributed by atoms with Gasteiger partial charge in [-0.2, -0.15) is 0 Å². The van der Waals surface area contributed by atoms with Crippen LogP contribution < -0.4 is 0 Å². The Labute approximate surface area is 77.4 Å². The zero-order chi connectivity index (χ0) is 10.2. The zero-order valence-electron chi connectivity index (χ0n) is 7.96. The van der Waals surface area contributed by atoms with E-state index in [0.717, 1.165) is 12.0 Å². The van der Waals surface area contributed by atoms with E-state index >= 15 is 0 Å². The molecule has 3 nitrogen and oxygen atoms in total. The van der Waals surface area contributed by atoms with Crippen molar-refractivity contribution in [2.75, 3.05) is 0 Å². The van der Waals surface area contributed by atoms with Crippen LogP contribution in [-0.4, -0.2) is 16.9 Å². The molecular formula is C10H14O3. The summed E-state index contributed by atoms with van der Waals surface area (Å²) in [5.41, 5.74) is 0.627. The molecule has 0 aromatic heterocycles. The number of rotatable bonds is 2. The Morgan fingerprint density at radius 3 is 2.38 bits per heavy atom. The minimum Gasteiger partial charge on any atom is -0.475 e. The summed E-state index contributed by atoms with van der Waals surface area (Å²) in [7, 11) is 0. The van der Waals surface area contributed by atoms with E-state index in [1.165, 1.54) is 0 Å². The topological polar surface area (TPSA) is 54.4 Å². The number of carbonyl (C=O) groups is 2. The molecule has 0 bridgehead atoms. The molecule has 0 heterocycles. The monoisotopic (exact) mass is 182 g/mol. The lowest BCUT2D eigenvalue weighted by atomic mass is 9.77. The molecule has 0 aliphatic heterocycles. The summed E-state index contributed by atoms with van der Waals surface area (Å²) in [5.74, 6) is -2.39. The van der Waals surface area contributed by atoms with E-state index in [-0.39, 0.29) is 5.41 Å². The van der Waals surface area contributed by atoms with Gasteiger partial charge in [0.15, 0.2) is 0 Å². The Balaban J connectivity index is 2.90. The fourth-order valence-electron chi connectivity index (χ4n) is 1.86. The summed E-state index contributed by atoms with van der Waals surface area (Å²) in [6, 6.07) is 0. The molecule has 1 aliphatic carbocycles. The van der Waals surface area contributed by atoms with Crippen LogP contribution in [0.25, 0.3) is 0 Å². The first-order valence-electron chi connectivity index (χ1n) is 4.32. The van der Waals surface area contributed by atoms with Crippen LogP contribution in [0.15, 0.2) is 12.2 Å². The first kappa shape index (κ1) is 9.96. The predicted octanol–water partition coefficient (Wildman–Crippen LogP) is 1.63. The van der Waals surface area contributed by atoms with Gasteiger partial charge in [-0.1, -0.05) is 26.0 Å². The lowest BCUT2D eigenvalue weighted by molar-refractivity contribution is -0.152. The quantitative estimate of drug-likeness (QED) is 0.521.